The van der Waals surface area contributed by atoms with Gasteiger partial charge in [-0.25, -0.2) is 0 Å². The molecule has 1 atom stereocenters. The molecule has 0 aliphatic carbocycles. The lowest BCUT2D eigenvalue weighted by Crippen LogP contribution is -2.34. The van der Waals surface area contributed by atoms with Crippen molar-refractivity contribution >= 4 is 0 Å². The highest BCUT2D eigenvalue weighted by molar-refractivity contribution is 4.99. The highest BCUT2D eigenvalue weighted by Crippen LogP contribution is 2.25. The van der Waals surface area contributed by atoms with Crippen LogP contribution in [-0.4, -0.2) is 18.8 Å². The number of rotatable bonds is 3. The van der Waals surface area contributed by atoms with Crippen LogP contribution in [0.25, 0.3) is 0 Å². The molecule has 0 spiro atoms. The molecule has 1 rings (SSSR count). The van der Waals surface area contributed by atoms with E-state index in [4.69, 9.17) is 4.74 Å². The summed E-state index contributed by atoms with van der Waals surface area (Å²) >= 11 is 0. The average molecular weight is 183 g/mol. The van der Waals surface area contributed by atoms with Crippen molar-refractivity contribution in [1.29, 1.82) is 0 Å². The van der Waals surface area contributed by atoms with Crippen molar-refractivity contribution in [2.45, 2.75) is 37.7 Å². The van der Waals surface area contributed by atoms with E-state index in [0.717, 1.165) is 25.9 Å². The molecule has 1 aliphatic rings. The van der Waals surface area contributed by atoms with Gasteiger partial charge >= 0.3 is 0 Å². The zero-order valence-corrected chi connectivity index (χ0v) is 8.00. The fourth-order valence-corrected chi connectivity index (χ4v) is 1.69. The van der Waals surface area contributed by atoms with Crippen LogP contribution in [0.3, 0.4) is 0 Å². The Balaban J connectivity index is 2.57. The summed E-state index contributed by atoms with van der Waals surface area (Å²) in [5.74, 6) is 0. The van der Waals surface area contributed by atoms with Crippen molar-refractivity contribution in [3.05, 3.63) is 17.6 Å². The summed E-state index contributed by atoms with van der Waals surface area (Å²) in [4.78, 5) is 10.3. The molecule has 13 heavy (non-hydrogen) atoms. The molecule has 0 radical (unpaired) electrons. The number of hydrogen-bond donors (Lipinski definition) is 0. The van der Waals surface area contributed by atoms with Gasteiger partial charge in [0, 0.05) is 6.61 Å². The first-order valence-corrected chi connectivity index (χ1v) is 4.90. The maximum Gasteiger partial charge on any atom is 0.114 e. The van der Waals surface area contributed by atoms with Gasteiger partial charge in [0.1, 0.15) is 12.1 Å². The van der Waals surface area contributed by atoms with Gasteiger partial charge < -0.3 is 4.74 Å². The van der Waals surface area contributed by atoms with Gasteiger partial charge in [0.25, 0.3) is 0 Å². The molecule has 0 aromatic rings. The van der Waals surface area contributed by atoms with Gasteiger partial charge in [0.15, 0.2) is 0 Å². The van der Waals surface area contributed by atoms with Gasteiger partial charge in [0.05, 0.1) is 0 Å². The van der Waals surface area contributed by atoms with Crippen LogP contribution in [0.15, 0.2) is 17.8 Å². The molecule has 1 fully saturated rings. The van der Waals surface area contributed by atoms with E-state index in [2.05, 4.69) is 11.8 Å². The molecule has 3 nitrogen and oxygen atoms in total. The molecule has 3 heteroatoms. The fourth-order valence-electron chi connectivity index (χ4n) is 1.69. The first kappa shape index (κ1) is 10.4. The predicted molar refractivity (Wildman–Crippen MR) is 52.6 cm³/mol. The van der Waals surface area contributed by atoms with Crippen molar-refractivity contribution in [2.24, 2.45) is 5.18 Å². The summed E-state index contributed by atoms with van der Waals surface area (Å²) < 4.78 is 5.65. The maximum atomic E-state index is 10.3. The Labute approximate surface area is 79.1 Å². The van der Waals surface area contributed by atoms with Gasteiger partial charge in [-0.3, -0.25) is 0 Å². The molecule has 0 saturated carbocycles. The Morgan fingerprint density at radius 1 is 1.38 bits per heavy atom. The summed E-state index contributed by atoms with van der Waals surface area (Å²) in [6, 6.07) is 0. The van der Waals surface area contributed by atoms with Crippen LogP contribution in [0.1, 0.15) is 32.1 Å². The number of nitrogens with zero attached hydrogens (tertiary/aromatic N) is 1. The second-order valence-corrected chi connectivity index (χ2v) is 3.57. The molecule has 0 amide bonds. The van der Waals surface area contributed by atoms with Crippen LogP contribution >= 0.6 is 0 Å². The standard InChI is InChI=1S/C10H17NO2/c1-2-10(9-11-12)7-5-3-4-6-8-13-10/h2H,1,3-9H2/t10-/m0/s1. The first-order chi connectivity index (χ1) is 6.33. The number of nitroso groups, excluding NO2 is 1. The van der Waals surface area contributed by atoms with E-state index in [1.54, 1.807) is 6.08 Å². The van der Waals surface area contributed by atoms with Gasteiger partial charge in [-0.05, 0) is 12.8 Å². The molecule has 0 aromatic heterocycles. The topological polar surface area (TPSA) is 38.7 Å². The van der Waals surface area contributed by atoms with Crippen LogP contribution in [0, 0.1) is 4.91 Å². The third kappa shape index (κ3) is 2.92. The fraction of sp³-hybridized carbons (Fsp3) is 0.800. The van der Waals surface area contributed by atoms with Crippen LogP contribution in [0.5, 0.6) is 0 Å². The second kappa shape index (κ2) is 5.12. The normalized spacial score (nSPS) is 30.2. The predicted octanol–water partition coefficient (Wildman–Crippen LogP) is 2.66. The van der Waals surface area contributed by atoms with Crippen molar-refractivity contribution in [2.75, 3.05) is 13.2 Å². The van der Waals surface area contributed by atoms with E-state index in [0.29, 0.717) is 0 Å². The highest BCUT2D eigenvalue weighted by atomic mass is 16.5. The Hall–Kier alpha value is -0.700. The molecule has 0 aromatic carbocycles. The van der Waals surface area contributed by atoms with Crippen molar-refractivity contribution in [3.8, 4) is 0 Å². The Kier molecular flexibility index (Phi) is 4.09. The van der Waals surface area contributed by atoms with Crippen LogP contribution < -0.4 is 0 Å². The molecule has 1 aliphatic heterocycles. The van der Waals surface area contributed by atoms with E-state index in [1.807, 2.05) is 0 Å². The third-order valence-corrected chi connectivity index (χ3v) is 2.59. The quantitative estimate of drug-likeness (QED) is 0.498. The molecule has 1 heterocycles. The van der Waals surface area contributed by atoms with Gasteiger partial charge in [-0.1, -0.05) is 30.5 Å². The van der Waals surface area contributed by atoms with E-state index in [1.165, 1.54) is 12.8 Å². The minimum atomic E-state index is -0.470. The van der Waals surface area contributed by atoms with Crippen molar-refractivity contribution < 1.29 is 4.74 Å². The minimum Gasteiger partial charge on any atom is -0.369 e. The minimum absolute atomic E-state index is 0.205. The summed E-state index contributed by atoms with van der Waals surface area (Å²) in [6.45, 7) is 4.65. The molecular formula is C10H17NO2. The zero-order valence-electron chi connectivity index (χ0n) is 8.00. The van der Waals surface area contributed by atoms with Crippen LogP contribution in [-0.2, 0) is 4.74 Å². The molecule has 0 unspecified atom stereocenters. The lowest BCUT2D eigenvalue weighted by molar-refractivity contribution is -0.0174. The number of ether oxygens (including phenoxy) is 1. The largest absolute Gasteiger partial charge is 0.369 e. The van der Waals surface area contributed by atoms with Crippen molar-refractivity contribution in [3.63, 3.8) is 0 Å². The second-order valence-electron chi connectivity index (χ2n) is 3.57. The summed E-state index contributed by atoms with van der Waals surface area (Å²) in [5.41, 5.74) is -0.470. The van der Waals surface area contributed by atoms with E-state index in [9.17, 15) is 4.91 Å². The zero-order chi connectivity index (χ0) is 9.57. The highest BCUT2D eigenvalue weighted by Gasteiger charge is 2.28. The van der Waals surface area contributed by atoms with Crippen LogP contribution in [0.2, 0.25) is 0 Å². The van der Waals surface area contributed by atoms with E-state index < -0.39 is 5.60 Å². The maximum absolute atomic E-state index is 10.3. The van der Waals surface area contributed by atoms with Gasteiger partial charge in [0.2, 0.25) is 0 Å². The SMILES string of the molecule is C=C[C@@]1(CN=O)CCCCCCO1. The lowest BCUT2D eigenvalue weighted by atomic mass is 9.94. The summed E-state index contributed by atoms with van der Waals surface area (Å²) in [7, 11) is 0. The number of hydrogen-bond acceptors (Lipinski definition) is 3. The smallest absolute Gasteiger partial charge is 0.114 e. The van der Waals surface area contributed by atoms with Gasteiger partial charge in [-0.15, -0.1) is 6.58 Å². The first-order valence-electron chi connectivity index (χ1n) is 4.90. The third-order valence-electron chi connectivity index (χ3n) is 2.59. The molecule has 0 N–H and O–H groups in total. The monoisotopic (exact) mass is 183 g/mol. The summed E-state index contributed by atoms with van der Waals surface area (Å²) in [6.07, 6.45) is 7.23. The Bertz CT molecular complexity index is 172. The molecule has 74 valence electrons. The van der Waals surface area contributed by atoms with Crippen molar-refractivity contribution in [1.82, 2.24) is 0 Å². The Morgan fingerprint density at radius 3 is 2.85 bits per heavy atom. The molecule has 1 saturated heterocycles. The van der Waals surface area contributed by atoms with Crippen LogP contribution in [0.4, 0.5) is 0 Å². The summed E-state index contributed by atoms with van der Waals surface area (Å²) in [5, 5.41) is 2.93. The Morgan fingerprint density at radius 2 is 2.15 bits per heavy atom. The van der Waals surface area contributed by atoms with Gasteiger partial charge in [-0.2, -0.15) is 4.91 Å². The lowest BCUT2D eigenvalue weighted by Gasteiger charge is -2.29. The van der Waals surface area contributed by atoms with E-state index in [-0.39, 0.29) is 6.54 Å². The molecular weight excluding hydrogens is 166 g/mol. The van der Waals surface area contributed by atoms with E-state index >= 15 is 0 Å². The molecule has 0 bridgehead atoms. The average Bonchev–Trinajstić information content (AvgIpc) is 2.10.